The zero-order chi connectivity index (χ0) is 11.3. The van der Waals surface area contributed by atoms with Gasteiger partial charge < -0.3 is 14.9 Å². The lowest BCUT2D eigenvalue weighted by Crippen LogP contribution is -1.89. The maximum absolute atomic E-state index is 10.3. The third kappa shape index (κ3) is 3.34. The van der Waals surface area contributed by atoms with Crippen LogP contribution in [0.25, 0.3) is 6.08 Å². The predicted molar refractivity (Wildman–Crippen MR) is 55.9 cm³/mol. The molecule has 15 heavy (non-hydrogen) atoms. The van der Waals surface area contributed by atoms with Crippen LogP contribution in [0.3, 0.4) is 0 Å². The number of hydrogen-bond acceptors (Lipinski definition) is 3. The second kappa shape index (κ2) is 5.05. The highest BCUT2D eigenvalue weighted by atomic mass is 16.5. The van der Waals surface area contributed by atoms with Gasteiger partial charge in [0.1, 0.15) is 0 Å². The van der Waals surface area contributed by atoms with Gasteiger partial charge in [-0.15, -0.1) is 0 Å². The van der Waals surface area contributed by atoms with Crippen LogP contribution in [0.15, 0.2) is 24.3 Å². The summed E-state index contributed by atoms with van der Waals surface area (Å²) in [4.78, 5) is 10.3. The van der Waals surface area contributed by atoms with Crippen molar-refractivity contribution in [2.45, 2.75) is 6.42 Å². The van der Waals surface area contributed by atoms with E-state index in [1.165, 1.54) is 19.3 Å². The van der Waals surface area contributed by atoms with Crippen molar-refractivity contribution < 1.29 is 19.7 Å². The molecule has 1 aromatic rings. The van der Waals surface area contributed by atoms with Crippen LogP contribution >= 0.6 is 0 Å². The number of carboxylic acids is 1. The summed E-state index contributed by atoms with van der Waals surface area (Å²) in [7, 11) is 1.46. The second-order valence-corrected chi connectivity index (χ2v) is 2.93. The van der Waals surface area contributed by atoms with Gasteiger partial charge in [-0.1, -0.05) is 18.2 Å². The molecule has 0 saturated heterocycles. The fourth-order valence-corrected chi connectivity index (χ4v) is 1.09. The largest absolute Gasteiger partial charge is 0.504 e. The number of benzene rings is 1. The lowest BCUT2D eigenvalue weighted by atomic mass is 10.2. The Morgan fingerprint density at radius 3 is 2.87 bits per heavy atom. The third-order valence-electron chi connectivity index (χ3n) is 1.81. The topological polar surface area (TPSA) is 66.8 Å². The minimum absolute atomic E-state index is 0.0246. The molecule has 0 aromatic heterocycles. The van der Waals surface area contributed by atoms with E-state index in [4.69, 9.17) is 9.84 Å². The van der Waals surface area contributed by atoms with E-state index in [1.54, 1.807) is 18.2 Å². The van der Waals surface area contributed by atoms with E-state index in [2.05, 4.69) is 0 Å². The van der Waals surface area contributed by atoms with Crippen molar-refractivity contribution in [3.05, 3.63) is 29.8 Å². The number of rotatable bonds is 4. The van der Waals surface area contributed by atoms with Gasteiger partial charge in [-0.05, 0) is 17.7 Å². The molecular formula is C11H12O4. The summed E-state index contributed by atoms with van der Waals surface area (Å²) in [5.41, 5.74) is 0.783. The number of phenolic OH excluding ortho intramolecular Hbond substituents is 1. The zero-order valence-corrected chi connectivity index (χ0v) is 8.30. The smallest absolute Gasteiger partial charge is 0.307 e. The first-order valence-corrected chi connectivity index (χ1v) is 4.39. The molecule has 0 atom stereocenters. The zero-order valence-electron chi connectivity index (χ0n) is 8.30. The lowest BCUT2D eigenvalue weighted by molar-refractivity contribution is -0.135. The molecule has 0 aliphatic rings. The van der Waals surface area contributed by atoms with E-state index >= 15 is 0 Å². The molecule has 0 unspecified atom stereocenters. The molecule has 4 nitrogen and oxygen atoms in total. The van der Waals surface area contributed by atoms with Crippen LogP contribution in [0.1, 0.15) is 12.0 Å². The number of aromatic hydroxyl groups is 1. The van der Waals surface area contributed by atoms with Gasteiger partial charge in [-0.3, -0.25) is 4.79 Å². The quantitative estimate of drug-likeness (QED) is 0.792. The lowest BCUT2D eigenvalue weighted by Gasteiger charge is -2.03. The Morgan fingerprint density at radius 1 is 1.53 bits per heavy atom. The van der Waals surface area contributed by atoms with E-state index in [1.807, 2.05) is 0 Å². The Labute approximate surface area is 87.4 Å². The molecule has 1 rings (SSSR count). The van der Waals surface area contributed by atoms with Gasteiger partial charge in [0.25, 0.3) is 0 Å². The van der Waals surface area contributed by atoms with Gasteiger partial charge in [0.05, 0.1) is 13.5 Å². The van der Waals surface area contributed by atoms with Crippen LogP contribution in [0.2, 0.25) is 0 Å². The van der Waals surface area contributed by atoms with Crippen LogP contribution in [-0.4, -0.2) is 23.3 Å². The number of carbonyl (C=O) groups is 1. The monoisotopic (exact) mass is 208 g/mol. The SMILES string of the molecule is COc1cc(/C=C/CC(=O)O)ccc1O. The Kier molecular flexibility index (Phi) is 3.74. The molecule has 0 spiro atoms. The summed E-state index contributed by atoms with van der Waals surface area (Å²) in [5, 5.41) is 17.7. The van der Waals surface area contributed by atoms with Crippen molar-refractivity contribution >= 4 is 12.0 Å². The van der Waals surface area contributed by atoms with Gasteiger partial charge in [0, 0.05) is 0 Å². The summed E-state index contributed by atoms with van der Waals surface area (Å²) < 4.78 is 4.91. The molecule has 0 aliphatic heterocycles. The summed E-state index contributed by atoms with van der Waals surface area (Å²) in [6, 6.07) is 4.81. The maximum atomic E-state index is 10.3. The minimum Gasteiger partial charge on any atom is -0.504 e. The van der Waals surface area contributed by atoms with Crippen molar-refractivity contribution in [2.75, 3.05) is 7.11 Å². The van der Waals surface area contributed by atoms with Crippen molar-refractivity contribution in [1.29, 1.82) is 0 Å². The van der Waals surface area contributed by atoms with Gasteiger partial charge in [-0.25, -0.2) is 0 Å². The van der Waals surface area contributed by atoms with Crippen molar-refractivity contribution in [1.82, 2.24) is 0 Å². The molecule has 0 fully saturated rings. The Morgan fingerprint density at radius 2 is 2.27 bits per heavy atom. The third-order valence-corrected chi connectivity index (χ3v) is 1.81. The first-order chi connectivity index (χ1) is 7.13. The number of methoxy groups -OCH3 is 1. The van der Waals surface area contributed by atoms with Crippen molar-refractivity contribution in [3.8, 4) is 11.5 Å². The molecule has 2 N–H and O–H groups in total. The summed E-state index contributed by atoms with van der Waals surface area (Å²) in [5.74, 6) is -0.447. The first kappa shape index (κ1) is 11.1. The second-order valence-electron chi connectivity index (χ2n) is 2.93. The fraction of sp³-hybridized carbons (Fsp3) is 0.182. The van der Waals surface area contributed by atoms with E-state index in [9.17, 15) is 9.90 Å². The predicted octanol–water partition coefficient (Wildman–Crippen LogP) is 1.89. The Bertz CT molecular complexity index is 382. The molecule has 0 saturated carbocycles. The standard InChI is InChI=1S/C11H12O4/c1-15-10-7-8(5-6-9(10)12)3-2-4-11(13)14/h2-3,5-7,12H,4H2,1H3,(H,13,14)/b3-2+. The summed E-state index contributed by atoms with van der Waals surface area (Å²) in [6.45, 7) is 0. The Balaban J connectivity index is 2.78. The average molecular weight is 208 g/mol. The molecular weight excluding hydrogens is 196 g/mol. The molecule has 1 aromatic carbocycles. The molecule has 0 radical (unpaired) electrons. The van der Waals surface area contributed by atoms with Crippen molar-refractivity contribution in [2.24, 2.45) is 0 Å². The van der Waals surface area contributed by atoms with Gasteiger partial charge >= 0.3 is 5.97 Å². The maximum Gasteiger partial charge on any atom is 0.307 e. The van der Waals surface area contributed by atoms with Gasteiger partial charge in [0.2, 0.25) is 0 Å². The summed E-state index contributed by atoms with van der Waals surface area (Å²) in [6.07, 6.45) is 3.17. The highest BCUT2D eigenvalue weighted by Gasteiger charge is 2.00. The highest BCUT2D eigenvalue weighted by molar-refractivity contribution is 5.70. The van der Waals surface area contributed by atoms with Crippen LogP contribution in [0.5, 0.6) is 11.5 Å². The van der Waals surface area contributed by atoms with Crippen molar-refractivity contribution in [3.63, 3.8) is 0 Å². The van der Waals surface area contributed by atoms with Gasteiger partial charge in [-0.2, -0.15) is 0 Å². The van der Waals surface area contributed by atoms with Crippen LogP contribution in [0.4, 0.5) is 0 Å². The highest BCUT2D eigenvalue weighted by Crippen LogP contribution is 2.26. The first-order valence-electron chi connectivity index (χ1n) is 4.39. The van der Waals surface area contributed by atoms with Gasteiger partial charge in [0.15, 0.2) is 11.5 Å². The Hall–Kier alpha value is -1.97. The molecule has 80 valence electrons. The molecule has 0 aliphatic carbocycles. The fourth-order valence-electron chi connectivity index (χ4n) is 1.09. The number of phenols is 1. The number of hydrogen-bond donors (Lipinski definition) is 2. The van der Waals surface area contributed by atoms with Crippen LogP contribution in [-0.2, 0) is 4.79 Å². The van der Waals surface area contributed by atoms with Crippen LogP contribution < -0.4 is 4.74 Å². The molecule has 4 heteroatoms. The number of carboxylic acid groups (broad SMARTS) is 1. The van der Waals surface area contributed by atoms with Crippen LogP contribution in [0, 0.1) is 0 Å². The normalized spacial score (nSPS) is 10.5. The number of ether oxygens (including phenoxy) is 1. The molecule has 0 amide bonds. The van der Waals surface area contributed by atoms with E-state index < -0.39 is 5.97 Å². The van der Waals surface area contributed by atoms with E-state index in [0.29, 0.717) is 5.75 Å². The molecule has 0 bridgehead atoms. The number of aliphatic carboxylic acids is 1. The average Bonchev–Trinajstić information content (AvgIpc) is 2.20. The minimum atomic E-state index is -0.878. The summed E-state index contributed by atoms with van der Waals surface area (Å²) >= 11 is 0. The van der Waals surface area contributed by atoms with E-state index in [-0.39, 0.29) is 12.2 Å². The molecule has 0 heterocycles. The van der Waals surface area contributed by atoms with E-state index in [0.717, 1.165) is 5.56 Å².